The highest BCUT2D eigenvalue weighted by molar-refractivity contribution is 6.30. The van der Waals surface area contributed by atoms with Crippen LogP contribution in [-0.4, -0.2) is 17.3 Å². The van der Waals surface area contributed by atoms with Crippen molar-refractivity contribution in [2.24, 2.45) is 5.92 Å². The molecular weight excluding hydrogens is 258 g/mol. The van der Waals surface area contributed by atoms with Gasteiger partial charge in [0.1, 0.15) is 0 Å². The number of hydrogen-bond acceptors (Lipinski definition) is 2. The Morgan fingerprint density at radius 1 is 1.37 bits per heavy atom. The molecule has 0 saturated heterocycles. The summed E-state index contributed by atoms with van der Waals surface area (Å²) in [6.07, 6.45) is 6.99. The predicted octanol–water partition coefficient (Wildman–Crippen LogP) is 4.47. The molecule has 0 heterocycles. The summed E-state index contributed by atoms with van der Waals surface area (Å²) in [5, 5.41) is 14.1. The van der Waals surface area contributed by atoms with E-state index in [1.54, 1.807) is 0 Å². The standard InChI is InChI=1S/C16H24ClNO/c1-2-13-5-4-9-16(12-19,10-8-13)18-15-7-3-6-14(17)11-15/h3,6-7,11,13,18-19H,2,4-5,8-10,12H2,1H3. The van der Waals surface area contributed by atoms with E-state index in [1.807, 2.05) is 24.3 Å². The van der Waals surface area contributed by atoms with E-state index in [-0.39, 0.29) is 12.1 Å². The molecule has 2 nitrogen and oxygen atoms in total. The Labute approximate surface area is 121 Å². The molecule has 1 aliphatic carbocycles. The van der Waals surface area contributed by atoms with E-state index < -0.39 is 0 Å². The van der Waals surface area contributed by atoms with Crippen LogP contribution in [0.15, 0.2) is 24.3 Å². The van der Waals surface area contributed by atoms with Crippen LogP contribution in [0.2, 0.25) is 5.02 Å². The van der Waals surface area contributed by atoms with Gasteiger partial charge in [-0.2, -0.15) is 0 Å². The highest BCUT2D eigenvalue weighted by atomic mass is 35.5. The number of halogens is 1. The molecule has 0 aromatic heterocycles. The van der Waals surface area contributed by atoms with Crippen LogP contribution in [0.1, 0.15) is 45.4 Å². The van der Waals surface area contributed by atoms with E-state index >= 15 is 0 Å². The molecule has 2 unspecified atom stereocenters. The van der Waals surface area contributed by atoms with Gasteiger partial charge in [0.25, 0.3) is 0 Å². The van der Waals surface area contributed by atoms with Crippen molar-refractivity contribution < 1.29 is 5.11 Å². The molecule has 1 aliphatic rings. The lowest BCUT2D eigenvalue weighted by Crippen LogP contribution is -2.41. The molecule has 1 fully saturated rings. The van der Waals surface area contributed by atoms with Crippen LogP contribution in [0.3, 0.4) is 0 Å². The molecule has 0 aliphatic heterocycles. The van der Waals surface area contributed by atoms with E-state index in [4.69, 9.17) is 11.6 Å². The number of hydrogen-bond donors (Lipinski definition) is 2. The van der Waals surface area contributed by atoms with Gasteiger partial charge >= 0.3 is 0 Å². The van der Waals surface area contributed by atoms with Crippen LogP contribution >= 0.6 is 11.6 Å². The lowest BCUT2D eigenvalue weighted by atomic mass is 9.89. The third-order valence-electron chi connectivity index (χ3n) is 4.41. The number of aliphatic hydroxyl groups excluding tert-OH is 1. The van der Waals surface area contributed by atoms with E-state index in [2.05, 4.69) is 12.2 Å². The number of rotatable bonds is 4. The minimum Gasteiger partial charge on any atom is -0.394 e. The minimum absolute atomic E-state index is 0.172. The Bertz CT molecular complexity index is 409. The smallest absolute Gasteiger partial charge is 0.0661 e. The van der Waals surface area contributed by atoms with Crippen molar-refractivity contribution in [3.63, 3.8) is 0 Å². The average Bonchev–Trinajstić information content (AvgIpc) is 2.62. The normalized spacial score (nSPS) is 27.8. The summed E-state index contributed by atoms with van der Waals surface area (Å²) in [5.41, 5.74) is 0.839. The van der Waals surface area contributed by atoms with Crippen molar-refractivity contribution in [1.82, 2.24) is 0 Å². The van der Waals surface area contributed by atoms with Gasteiger partial charge in [-0.05, 0) is 43.4 Å². The van der Waals surface area contributed by atoms with Gasteiger partial charge in [-0.3, -0.25) is 0 Å². The summed E-state index contributed by atoms with van der Waals surface area (Å²) >= 11 is 6.03. The Balaban J connectivity index is 2.09. The summed E-state index contributed by atoms with van der Waals surface area (Å²) in [5.74, 6) is 0.814. The first-order valence-electron chi connectivity index (χ1n) is 7.32. The molecule has 1 aromatic carbocycles. The van der Waals surface area contributed by atoms with E-state index in [9.17, 15) is 5.11 Å². The van der Waals surface area contributed by atoms with Crippen molar-refractivity contribution in [3.8, 4) is 0 Å². The molecule has 2 rings (SSSR count). The fourth-order valence-electron chi connectivity index (χ4n) is 3.08. The lowest BCUT2D eigenvalue weighted by molar-refractivity contribution is 0.194. The number of anilines is 1. The summed E-state index contributed by atoms with van der Waals surface area (Å²) in [6.45, 7) is 2.46. The zero-order valence-corrected chi connectivity index (χ0v) is 12.4. The second-order valence-corrected chi connectivity index (χ2v) is 6.22. The molecule has 19 heavy (non-hydrogen) atoms. The third-order valence-corrected chi connectivity index (χ3v) is 4.65. The first-order chi connectivity index (χ1) is 9.17. The third kappa shape index (κ3) is 3.87. The topological polar surface area (TPSA) is 32.3 Å². The van der Waals surface area contributed by atoms with Crippen LogP contribution in [0.4, 0.5) is 5.69 Å². The van der Waals surface area contributed by atoms with Crippen LogP contribution in [-0.2, 0) is 0 Å². The zero-order chi connectivity index (χ0) is 13.7. The second kappa shape index (κ2) is 6.62. The molecule has 3 heteroatoms. The number of benzene rings is 1. The summed E-state index contributed by atoms with van der Waals surface area (Å²) in [6, 6.07) is 7.77. The van der Waals surface area contributed by atoms with Gasteiger partial charge in [-0.1, -0.05) is 43.9 Å². The SMILES string of the molecule is CCC1CCCC(CO)(Nc2cccc(Cl)c2)CC1. The average molecular weight is 282 g/mol. The van der Waals surface area contributed by atoms with Crippen LogP contribution < -0.4 is 5.32 Å². The highest BCUT2D eigenvalue weighted by Gasteiger charge is 2.32. The number of aliphatic hydroxyl groups is 1. The van der Waals surface area contributed by atoms with Gasteiger partial charge in [0.15, 0.2) is 0 Å². The van der Waals surface area contributed by atoms with Crippen molar-refractivity contribution in [3.05, 3.63) is 29.3 Å². The van der Waals surface area contributed by atoms with Crippen LogP contribution in [0.5, 0.6) is 0 Å². The van der Waals surface area contributed by atoms with Gasteiger partial charge in [-0.15, -0.1) is 0 Å². The monoisotopic (exact) mass is 281 g/mol. The Kier molecular flexibility index (Phi) is 5.12. The maximum atomic E-state index is 9.86. The van der Waals surface area contributed by atoms with E-state index in [0.717, 1.165) is 29.5 Å². The summed E-state index contributed by atoms with van der Waals surface area (Å²) in [7, 11) is 0. The molecule has 2 N–H and O–H groups in total. The van der Waals surface area contributed by atoms with Crippen molar-refractivity contribution >= 4 is 17.3 Å². The first kappa shape index (κ1) is 14.7. The van der Waals surface area contributed by atoms with Crippen molar-refractivity contribution in [2.45, 2.75) is 51.0 Å². The molecule has 106 valence electrons. The van der Waals surface area contributed by atoms with Crippen LogP contribution in [0.25, 0.3) is 0 Å². The fraction of sp³-hybridized carbons (Fsp3) is 0.625. The Morgan fingerprint density at radius 2 is 2.21 bits per heavy atom. The largest absolute Gasteiger partial charge is 0.394 e. The Morgan fingerprint density at radius 3 is 2.89 bits per heavy atom. The number of nitrogens with one attached hydrogen (secondary N) is 1. The highest BCUT2D eigenvalue weighted by Crippen LogP contribution is 2.34. The van der Waals surface area contributed by atoms with Gasteiger partial charge in [0.05, 0.1) is 12.1 Å². The van der Waals surface area contributed by atoms with Gasteiger partial charge in [-0.25, -0.2) is 0 Å². The molecule has 2 atom stereocenters. The molecule has 0 spiro atoms. The van der Waals surface area contributed by atoms with Gasteiger partial charge in [0.2, 0.25) is 0 Å². The zero-order valence-electron chi connectivity index (χ0n) is 11.7. The molecule has 1 saturated carbocycles. The molecule has 0 amide bonds. The molecule has 0 bridgehead atoms. The molecule has 1 aromatic rings. The maximum Gasteiger partial charge on any atom is 0.0661 e. The minimum atomic E-state index is -0.172. The van der Waals surface area contributed by atoms with Crippen LogP contribution in [0, 0.1) is 5.92 Å². The van der Waals surface area contributed by atoms with Crippen molar-refractivity contribution in [1.29, 1.82) is 0 Å². The fourth-order valence-corrected chi connectivity index (χ4v) is 3.27. The van der Waals surface area contributed by atoms with E-state index in [1.165, 1.54) is 25.7 Å². The molecular formula is C16H24ClNO. The summed E-state index contributed by atoms with van der Waals surface area (Å²) in [4.78, 5) is 0. The quantitative estimate of drug-likeness (QED) is 0.798. The van der Waals surface area contributed by atoms with Gasteiger partial charge < -0.3 is 10.4 Å². The van der Waals surface area contributed by atoms with E-state index in [0.29, 0.717) is 0 Å². The molecule has 0 radical (unpaired) electrons. The Hall–Kier alpha value is -0.730. The lowest BCUT2D eigenvalue weighted by Gasteiger charge is -2.33. The first-order valence-corrected chi connectivity index (χ1v) is 7.70. The maximum absolute atomic E-state index is 9.86. The van der Waals surface area contributed by atoms with Gasteiger partial charge in [0, 0.05) is 10.7 Å². The summed E-state index contributed by atoms with van der Waals surface area (Å²) < 4.78 is 0. The second-order valence-electron chi connectivity index (χ2n) is 5.78. The predicted molar refractivity (Wildman–Crippen MR) is 81.8 cm³/mol. The van der Waals surface area contributed by atoms with Crippen molar-refractivity contribution in [2.75, 3.05) is 11.9 Å².